The number of aliphatic carboxylic acids is 1. The van der Waals surface area contributed by atoms with Gasteiger partial charge in [0.15, 0.2) is 0 Å². The van der Waals surface area contributed by atoms with Crippen LogP contribution < -0.4 is 11.1 Å². The van der Waals surface area contributed by atoms with Gasteiger partial charge in [-0.15, -0.1) is 0 Å². The third-order valence-corrected chi connectivity index (χ3v) is 2.50. The topological polar surface area (TPSA) is 127 Å². The minimum atomic E-state index is -0.947. The standard InChI is InChI=1S/C12H18N4O4/c1-12(2,4-11(19)20)3-10(18)15-8-5-14-16(6-8)7-9(13)17/h5-6H,3-4,7H2,1-2H3,(H2,13,17)(H,15,18)(H,19,20). The second-order valence-corrected chi connectivity index (χ2v) is 5.35. The third kappa shape index (κ3) is 5.51. The van der Waals surface area contributed by atoms with Crippen LogP contribution in [0.25, 0.3) is 0 Å². The number of carboxylic acid groups (broad SMARTS) is 1. The molecule has 0 aliphatic rings. The molecule has 0 atom stereocenters. The number of carbonyl (C=O) groups excluding carboxylic acids is 2. The molecule has 0 spiro atoms. The molecule has 8 heteroatoms. The minimum absolute atomic E-state index is 0.0691. The van der Waals surface area contributed by atoms with Crippen molar-refractivity contribution in [3.63, 3.8) is 0 Å². The van der Waals surface area contributed by atoms with E-state index in [0.717, 1.165) is 0 Å². The lowest BCUT2D eigenvalue weighted by molar-refractivity contribution is -0.139. The van der Waals surface area contributed by atoms with Crippen molar-refractivity contribution < 1.29 is 19.5 Å². The van der Waals surface area contributed by atoms with Gasteiger partial charge in [-0.2, -0.15) is 5.10 Å². The number of aromatic nitrogens is 2. The number of anilines is 1. The lowest BCUT2D eigenvalue weighted by atomic mass is 9.85. The number of carboxylic acids is 1. The SMILES string of the molecule is CC(C)(CC(=O)O)CC(=O)Nc1cnn(CC(N)=O)c1. The first-order valence-electron chi connectivity index (χ1n) is 6.00. The third-order valence-electron chi connectivity index (χ3n) is 2.50. The van der Waals surface area contributed by atoms with Gasteiger partial charge in [0.25, 0.3) is 0 Å². The molecule has 0 unspecified atom stereocenters. The van der Waals surface area contributed by atoms with Crippen molar-refractivity contribution in [2.45, 2.75) is 33.2 Å². The Morgan fingerprint density at radius 2 is 2.05 bits per heavy atom. The Morgan fingerprint density at radius 1 is 1.40 bits per heavy atom. The molecule has 4 N–H and O–H groups in total. The lowest BCUT2D eigenvalue weighted by Crippen LogP contribution is -2.24. The highest BCUT2D eigenvalue weighted by Gasteiger charge is 2.25. The van der Waals surface area contributed by atoms with Gasteiger partial charge in [0.2, 0.25) is 11.8 Å². The predicted molar refractivity (Wildman–Crippen MR) is 70.7 cm³/mol. The van der Waals surface area contributed by atoms with Crippen LogP contribution in [0.3, 0.4) is 0 Å². The van der Waals surface area contributed by atoms with Gasteiger partial charge in [0, 0.05) is 12.6 Å². The summed E-state index contributed by atoms with van der Waals surface area (Å²) in [7, 11) is 0. The summed E-state index contributed by atoms with van der Waals surface area (Å²) < 4.78 is 1.31. The van der Waals surface area contributed by atoms with E-state index in [1.54, 1.807) is 13.8 Å². The smallest absolute Gasteiger partial charge is 0.303 e. The summed E-state index contributed by atoms with van der Waals surface area (Å²) in [6, 6.07) is 0. The fraction of sp³-hybridized carbons (Fsp3) is 0.500. The number of nitrogens with zero attached hydrogens (tertiary/aromatic N) is 2. The van der Waals surface area contributed by atoms with Crippen LogP contribution in [0.5, 0.6) is 0 Å². The van der Waals surface area contributed by atoms with E-state index in [2.05, 4.69) is 10.4 Å². The molecular weight excluding hydrogens is 264 g/mol. The van der Waals surface area contributed by atoms with Gasteiger partial charge in [-0.05, 0) is 5.41 Å². The van der Waals surface area contributed by atoms with Crippen LogP contribution in [0.15, 0.2) is 12.4 Å². The molecular formula is C12H18N4O4. The highest BCUT2D eigenvalue weighted by molar-refractivity contribution is 5.91. The Labute approximate surface area is 115 Å². The maximum atomic E-state index is 11.8. The van der Waals surface area contributed by atoms with Gasteiger partial charge in [-0.25, -0.2) is 0 Å². The molecule has 2 amide bonds. The van der Waals surface area contributed by atoms with Gasteiger partial charge in [0.05, 0.1) is 18.3 Å². The minimum Gasteiger partial charge on any atom is -0.481 e. The average Bonchev–Trinajstić information content (AvgIpc) is 2.60. The Balaban J connectivity index is 2.56. The predicted octanol–water partition coefficient (Wildman–Crippen LogP) is 0.198. The fourth-order valence-corrected chi connectivity index (χ4v) is 1.79. The number of nitrogens with one attached hydrogen (secondary N) is 1. The van der Waals surface area contributed by atoms with Crippen molar-refractivity contribution in [2.75, 3.05) is 5.32 Å². The van der Waals surface area contributed by atoms with Crippen molar-refractivity contribution in [2.24, 2.45) is 11.1 Å². The van der Waals surface area contributed by atoms with Gasteiger partial charge >= 0.3 is 5.97 Å². The summed E-state index contributed by atoms with van der Waals surface area (Å²) in [4.78, 5) is 33.2. The first-order chi connectivity index (χ1) is 9.18. The zero-order valence-electron chi connectivity index (χ0n) is 11.4. The van der Waals surface area contributed by atoms with Crippen LogP contribution in [0.1, 0.15) is 26.7 Å². The van der Waals surface area contributed by atoms with Gasteiger partial charge in [-0.1, -0.05) is 13.8 Å². The fourth-order valence-electron chi connectivity index (χ4n) is 1.79. The van der Waals surface area contributed by atoms with Crippen LogP contribution >= 0.6 is 0 Å². The van der Waals surface area contributed by atoms with Crippen LogP contribution in [-0.2, 0) is 20.9 Å². The van der Waals surface area contributed by atoms with Gasteiger partial charge in [-0.3, -0.25) is 19.1 Å². The van der Waals surface area contributed by atoms with Crippen LogP contribution in [0, 0.1) is 5.41 Å². The molecule has 0 bridgehead atoms. The molecule has 1 aromatic rings. The van der Waals surface area contributed by atoms with E-state index in [0.29, 0.717) is 5.69 Å². The lowest BCUT2D eigenvalue weighted by Gasteiger charge is -2.21. The van der Waals surface area contributed by atoms with Crippen molar-refractivity contribution in [1.82, 2.24) is 9.78 Å². The summed E-state index contributed by atoms with van der Waals surface area (Å²) in [5, 5.41) is 15.2. The molecule has 110 valence electrons. The molecule has 0 aromatic carbocycles. The van der Waals surface area contributed by atoms with E-state index in [9.17, 15) is 14.4 Å². The van der Waals surface area contributed by atoms with Crippen molar-refractivity contribution in [3.8, 4) is 0 Å². The Kier molecular flexibility index (Phi) is 4.84. The van der Waals surface area contributed by atoms with Gasteiger partial charge < -0.3 is 16.2 Å². The molecule has 8 nitrogen and oxygen atoms in total. The van der Waals surface area contributed by atoms with Crippen LogP contribution in [-0.4, -0.2) is 32.7 Å². The van der Waals surface area contributed by atoms with E-state index in [4.69, 9.17) is 10.8 Å². The number of carbonyl (C=O) groups is 3. The summed E-state index contributed by atoms with van der Waals surface area (Å²) in [5.74, 6) is -1.79. The summed E-state index contributed by atoms with van der Waals surface area (Å²) in [5.41, 5.74) is 4.81. The molecule has 0 radical (unpaired) electrons. The quantitative estimate of drug-likeness (QED) is 0.658. The second kappa shape index (κ2) is 6.18. The zero-order valence-corrected chi connectivity index (χ0v) is 11.4. The highest BCUT2D eigenvalue weighted by atomic mass is 16.4. The van der Waals surface area contributed by atoms with E-state index < -0.39 is 17.3 Å². The number of primary amides is 1. The number of rotatable bonds is 7. The van der Waals surface area contributed by atoms with Crippen LogP contribution in [0.4, 0.5) is 5.69 Å². The van der Waals surface area contributed by atoms with E-state index in [1.807, 2.05) is 0 Å². The molecule has 0 fully saturated rings. The second-order valence-electron chi connectivity index (χ2n) is 5.35. The molecule has 1 aromatic heterocycles. The first kappa shape index (κ1) is 15.7. The van der Waals surface area contributed by atoms with Crippen molar-refractivity contribution >= 4 is 23.5 Å². The molecule has 20 heavy (non-hydrogen) atoms. The number of nitrogens with two attached hydrogens (primary N) is 1. The van der Waals surface area contributed by atoms with Crippen LogP contribution in [0.2, 0.25) is 0 Å². The van der Waals surface area contributed by atoms with Crippen molar-refractivity contribution in [3.05, 3.63) is 12.4 Å². The number of hydrogen-bond donors (Lipinski definition) is 3. The highest BCUT2D eigenvalue weighted by Crippen LogP contribution is 2.25. The average molecular weight is 282 g/mol. The number of amides is 2. The zero-order chi connectivity index (χ0) is 15.3. The Morgan fingerprint density at radius 3 is 2.60 bits per heavy atom. The summed E-state index contributed by atoms with van der Waals surface area (Å²) >= 11 is 0. The molecule has 1 heterocycles. The monoisotopic (exact) mass is 282 g/mol. The van der Waals surface area contributed by atoms with E-state index in [1.165, 1.54) is 17.1 Å². The largest absolute Gasteiger partial charge is 0.481 e. The Bertz CT molecular complexity index is 521. The van der Waals surface area contributed by atoms with E-state index in [-0.39, 0.29) is 25.3 Å². The summed E-state index contributed by atoms with van der Waals surface area (Å²) in [6.45, 7) is 3.34. The normalized spacial score (nSPS) is 11.1. The maximum Gasteiger partial charge on any atom is 0.303 e. The molecule has 0 saturated heterocycles. The maximum absolute atomic E-state index is 11.8. The molecule has 0 saturated carbocycles. The number of hydrogen-bond acceptors (Lipinski definition) is 4. The summed E-state index contributed by atoms with van der Waals surface area (Å²) in [6.07, 6.45) is 2.85. The Hall–Kier alpha value is -2.38. The molecule has 0 aliphatic carbocycles. The van der Waals surface area contributed by atoms with E-state index >= 15 is 0 Å². The van der Waals surface area contributed by atoms with Crippen molar-refractivity contribution in [1.29, 1.82) is 0 Å². The molecule has 0 aliphatic heterocycles. The van der Waals surface area contributed by atoms with Gasteiger partial charge in [0.1, 0.15) is 6.54 Å². The first-order valence-corrected chi connectivity index (χ1v) is 6.00. The molecule has 1 rings (SSSR count).